The van der Waals surface area contributed by atoms with Gasteiger partial charge >= 0.3 is 0 Å². The van der Waals surface area contributed by atoms with Crippen molar-refractivity contribution < 1.29 is 19.0 Å². The van der Waals surface area contributed by atoms with Crippen molar-refractivity contribution in [1.82, 2.24) is 0 Å². The van der Waals surface area contributed by atoms with Gasteiger partial charge in [0, 0.05) is 27.9 Å². The van der Waals surface area contributed by atoms with Gasteiger partial charge in [0.25, 0.3) is 0 Å². The van der Waals surface area contributed by atoms with E-state index in [1.54, 1.807) is 36.4 Å². The average Bonchev–Trinajstić information content (AvgIpc) is 3.00. The zero-order valence-corrected chi connectivity index (χ0v) is 28.5. The molecule has 0 aliphatic heterocycles. The molecule has 0 amide bonds. The Balaban J connectivity index is 0.000000178. The van der Waals surface area contributed by atoms with Crippen LogP contribution < -0.4 is 10.9 Å². The van der Waals surface area contributed by atoms with Gasteiger partial charge in [-0.1, -0.05) is 75.2 Å². The van der Waals surface area contributed by atoms with Gasteiger partial charge in [0.2, 0.25) is 10.9 Å². The van der Waals surface area contributed by atoms with Crippen molar-refractivity contribution in [3.63, 3.8) is 0 Å². The van der Waals surface area contributed by atoms with E-state index in [4.69, 9.17) is 32.0 Å². The summed E-state index contributed by atoms with van der Waals surface area (Å²) in [6.45, 7) is 7.87. The number of rotatable bonds is 4. The predicted molar refractivity (Wildman–Crippen MR) is 190 cm³/mol. The lowest BCUT2D eigenvalue weighted by molar-refractivity contribution is 0.466. The van der Waals surface area contributed by atoms with Gasteiger partial charge < -0.3 is 19.0 Å². The second-order valence-electron chi connectivity index (χ2n) is 11.1. The number of benzene rings is 4. The van der Waals surface area contributed by atoms with Crippen molar-refractivity contribution in [2.24, 2.45) is 0 Å². The molecule has 6 aromatic rings. The molecule has 0 spiro atoms. The highest BCUT2D eigenvalue weighted by molar-refractivity contribution is 14.1. The van der Waals surface area contributed by atoms with Crippen LogP contribution in [0.4, 0.5) is 0 Å². The van der Waals surface area contributed by atoms with Crippen molar-refractivity contribution >= 4 is 67.7 Å². The summed E-state index contributed by atoms with van der Waals surface area (Å²) in [5.74, 6) is 1.44. The summed E-state index contributed by atoms with van der Waals surface area (Å²) in [5, 5.41) is 21.6. The minimum atomic E-state index is -0.104. The lowest BCUT2D eigenvalue weighted by Crippen LogP contribution is -2.10. The molecule has 6 rings (SSSR count). The third-order valence-corrected chi connectivity index (χ3v) is 8.77. The van der Waals surface area contributed by atoms with Crippen LogP contribution in [0.25, 0.3) is 44.2 Å². The van der Waals surface area contributed by atoms with Crippen LogP contribution in [0, 0.1) is 3.57 Å². The summed E-state index contributed by atoms with van der Waals surface area (Å²) in [5.41, 5.74) is 3.26. The van der Waals surface area contributed by atoms with E-state index in [1.165, 1.54) is 18.2 Å². The number of phenols is 2. The lowest BCUT2D eigenvalue weighted by Gasteiger charge is -2.14. The lowest BCUT2D eigenvalue weighted by atomic mass is 9.97. The molecule has 2 N–H and O–H groups in total. The van der Waals surface area contributed by atoms with Crippen LogP contribution in [0.2, 0.25) is 10.0 Å². The predicted octanol–water partition coefficient (Wildman–Crippen LogP) is 10.5. The number of halogens is 3. The summed E-state index contributed by atoms with van der Waals surface area (Å²) < 4.78 is 12.5. The topological polar surface area (TPSA) is 101 Å². The van der Waals surface area contributed by atoms with E-state index >= 15 is 0 Å². The number of hydrogen-bond donors (Lipinski definition) is 2. The zero-order valence-electron chi connectivity index (χ0n) is 24.8. The number of aromatic hydroxyl groups is 2. The first-order chi connectivity index (χ1) is 21.4. The highest BCUT2D eigenvalue weighted by Crippen LogP contribution is 2.35. The highest BCUT2D eigenvalue weighted by Gasteiger charge is 2.21. The zero-order chi connectivity index (χ0) is 32.6. The monoisotopic (exact) mass is 754 g/mol. The Morgan fingerprint density at radius 3 is 1.62 bits per heavy atom. The molecule has 0 aliphatic rings. The Morgan fingerprint density at radius 2 is 1.11 bits per heavy atom. The fourth-order valence-electron chi connectivity index (χ4n) is 5.02. The van der Waals surface area contributed by atoms with Gasteiger partial charge in [-0.05, 0) is 82.2 Å². The molecule has 9 heteroatoms. The molecule has 0 bridgehead atoms. The maximum atomic E-state index is 13.0. The summed E-state index contributed by atoms with van der Waals surface area (Å²) in [6.07, 6.45) is 0. The van der Waals surface area contributed by atoms with Crippen molar-refractivity contribution in [1.29, 1.82) is 0 Å². The Morgan fingerprint density at radius 1 is 0.644 bits per heavy atom. The van der Waals surface area contributed by atoms with Gasteiger partial charge in [-0.25, -0.2) is 0 Å². The maximum Gasteiger partial charge on any atom is 0.200 e. The number of phenolic OH excluding ortho intramolecular Hbond substituents is 2. The van der Waals surface area contributed by atoms with Crippen LogP contribution in [0.15, 0.2) is 97.3 Å². The minimum Gasteiger partial charge on any atom is -0.508 e. The molecule has 0 aliphatic carbocycles. The van der Waals surface area contributed by atoms with Gasteiger partial charge in [0.05, 0.1) is 25.5 Å². The summed E-state index contributed by atoms with van der Waals surface area (Å²) in [4.78, 5) is 25.9. The van der Waals surface area contributed by atoms with E-state index in [0.717, 1.165) is 11.1 Å². The molecule has 0 saturated carbocycles. The molecule has 0 radical (unpaired) electrons. The normalized spacial score (nSPS) is 11.3. The van der Waals surface area contributed by atoms with E-state index in [-0.39, 0.29) is 34.2 Å². The molecule has 0 saturated heterocycles. The van der Waals surface area contributed by atoms with Crippen LogP contribution in [0.3, 0.4) is 0 Å². The maximum absolute atomic E-state index is 13.0. The van der Waals surface area contributed by atoms with Crippen molar-refractivity contribution in [3.8, 4) is 33.8 Å². The van der Waals surface area contributed by atoms with E-state index in [2.05, 4.69) is 0 Å². The second-order valence-corrected chi connectivity index (χ2v) is 13.1. The average molecular weight is 755 g/mol. The molecular formula is C36H29Cl2IO6. The van der Waals surface area contributed by atoms with E-state index in [0.29, 0.717) is 58.2 Å². The minimum absolute atomic E-state index is 0.0240. The first kappa shape index (κ1) is 32.6. The molecular weight excluding hydrogens is 726 g/mol. The van der Waals surface area contributed by atoms with Gasteiger partial charge in [-0.3, -0.25) is 9.59 Å². The Kier molecular flexibility index (Phi) is 9.63. The van der Waals surface area contributed by atoms with Gasteiger partial charge in [-0.15, -0.1) is 0 Å². The van der Waals surface area contributed by atoms with Gasteiger partial charge in [-0.2, -0.15) is 0 Å². The van der Waals surface area contributed by atoms with Crippen LogP contribution in [0.1, 0.15) is 51.1 Å². The third-order valence-electron chi connectivity index (χ3n) is 7.22. The largest absolute Gasteiger partial charge is 0.508 e. The van der Waals surface area contributed by atoms with Crippen molar-refractivity contribution in [3.05, 3.63) is 124 Å². The van der Waals surface area contributed by atoms with Crippen molar-refractivity contribution in [2.75, 3.05) is 0 Å². The second kappa shape index (κ2) is 13.3. The van der Waals surface area contributed by atoms with Crippen molar-refractivity contribution in [2.45, 2.75) is 39.5 Å². The fraction of sp³-hybridized carbons (Fsp3) is 0.167. The first-order valence-corrected chi connectivity index (χ1v) is 16.0. The Hall–Kier alpha value is -3.79. The molecule has 230 valence electrons. The van der Waals surface area contributed by atoms with Gasteiger partial charge in [0.1, 0.15) is 28.6 Å². The molecule has 2 heterocycles. The van der Waals surface area contributed by atoms with Gasteiger partial charge in [0.15, 0.2) is 5.58 Å². The Bertz CT molecular complexity index is 2150. The standard InChI is InChI=1S/C18H14ClIO3.C18H15ClO3/c1-9(2)17-14(10-3-5-11(19)6-4-10)16(22)12-7-8-13(21)15(20)18(12)23-17;1-10(2)18-16(11-3-5-12(19)6-4-11)17(21)14-8-7-13(20)9-15(14)22-18/h3-9,21H,1-2H3;3-10,20H,1-2H3. The smallest absolute Gasteiger partial charge is 0.200 e. The molecule has 4 aromatic carbocycles. The molecule has 0 fully saturated rings. The van der Waals surface area contributed by atoms with Crippen LogP contribution in [0.5, 0.6) is 11.5 Å². The van der Waals surface area contributed by atoms with Crippen LogP contribution in [-0.2, 0) is 0 Å². The number of fused-ring (bicyclic) bond motifs is 2. The SMILES string of the molecule is CC(C)c1oc2c(I)c(O)ccc2c(=O)c1-c1ccc(Cl)cc1.CC(C)c1oc2cc(O)ccc2c(=O)c1-c1ccc(Cl)cc1. The summed E-state index contributed by atoms with van der Waals surface area (Å²) in [7, 11) is 0. The molecule has 0 atom stereocenters. The van der Waals surface area contributed by atoms with E-state index in [1.807, 2.05) is 74.6 Å². The molecule has 0 unspecified atom stereocenters. The fourth-order valence-corrected chi connectivity index (χ4v) is 5.86. The Labute approximate surface area is 283 Å². The van der Waals surface area contributed by atoms with Crippen LogP contribution in [-0.4, -0.2) is 10.2 Å². The number of hydrogen-bond acceptors (Lipinski definition) is 6. The summed E-state index contributed by atoms with van der Waals surface area (Å²) >= 11 is 13.9. The quantitative estimate of drug-likeness (QED) is 0.174. The molecule has 2 aromatic heterocycles. The third kappa shape index (κ3) is 6.61. The molecule has 6 nitrogen and oxygen atoms in total. The first-order valence-electron chi connectivity index (χ1n) is 14.2. The summed E-state index contributed by atoms with van der Waals surface area (Å²) in [6, 6.07) is 21.9. The highest BCUT2D eigenvalue weighted by atomic mass is 127. The van der Waals surface area contributed by atoms with E-state index in [9.17, 15) is 19.8 Å². The van der Waals surface area contributed by atoms with Crippen LogP contribution >= 0.6 is 45.8 Å². The molecule has 45 heavy (non-hydrogen) atoms. The van der Waals surface area contributed by atoms with E-state index < -0.39 is 0 Å².